The summed E-state index contributed by atoms with van der Waals surface area (Å²) >= 11 is 0. The molecule has 0 aliphatic rings. The zero-order valence-electron chi connectivity index (χ0n) is 10.5. The molecule has 1 aromatic rings. The Kier molecular flexibility index (Phi) is 5.87. The molecule has 5 heteroatoms. The predicted molar refractivity (Wildman–Crippen MR) is 66.8 cm³/mol. The number of hydrogen-bond donors (Lipinski definition) is 1. The number of methoxy groups -OCH3 is 1. The van der Waals surface area contributed by atoms with Crippen molar-refractivity contribution in [2.75, 3.05) is 20.3 Å². The van der Waals surface area contributed by atoms with E-state index < -0.39 is 0 Å². The fourth-order valence-electron chi connectivity index (χ4n) is 1.43. The van der Waals surface area contributed by atoms with Crippen LogP contribution >= 0.6 is 0 Å². The first-order valence-corrected chi connectivity index (χ1v) is 5.62. The van der Waals surface area contributed by atoms with Crippen LogP contribution in [0.2, 0.25) is 0 Å². The van der Waals surface area contributed by atoms with E-state index in [1.54, 1.807) is 31.4 Å². The Morgan fingerprint density at radius 2 is 2.28 bits per heavy atom. The molecule has 5 nitrogen and oxygen atoms in total. The van der Waals surface area contributed by atoms with Crippen LogP contribution in [0.1, 0.15) is 17.3 Å². The van der Waals surface area contributed by atoms with Crippen LogP contribution in [0.4, 0.5) is 0 Å². The van der Waals surface area contributed by atoms with Crippen molar-refractivity contribution in [1.29, 1.82) is 0 Å². The molecule has 18 heavy (non-hydrogen) atoms. The lowest BCUT2D eigenvalue weighted by molar-refractivity contribution is -0.124. The van der Waals surface area contributed by atoms with E-state index in [4.69, 9.17) is 9.47 Å². The first kappa shape index (κ1) is 14.2. The van der Waals surface area contributed by atoms with Gasteiger partial charge < -0.3 is 14.8 Å². The molecule has 0 aliphatic carbocycles. The summed E-state index contributed by atoms with van der Waals surface area (Å²) in [4.78, 5) is 22.1. The third-order valence-electron chi connectivity index (χ3n) is 2.19. The van der Waals surface area contributed by atoms with E-state index in [9.17, 15) is 9.59 Å². The number of carbonyl (C=O) groups is 2. The van der Waals surface area contributed by atoms with Crippen LogP contribution in [-0.4, -0.2) is 38.6 Å². The molecular formula is C13H17NO4. The maximum Gasteiger partial charge on any atom is 0.258 e. The van der Waals surface area contributed by atoms with Crippen molar-refractivity contribution < 1.29 is 19.1 Å². The van der Waals surface area contributed by atoms with Crippen molar-refractivity contribution >= 4 is 12.2 Å². The van der Waals surface area contributed by atoms with Gasteiger partial charge in [0, 0.05) is 18.7 Å². The smallest absolute Gasteiger partial charge is 0.258 e. The highest BCUT2D eigenvalue weighted by Gasteiger charge is 2.07. The lowest BCUT2D eigenvalue weighted by atomic mass is 10.2. The Morgan fingerprint density at radius 3 is 2.94 bits per heavy atom. The van der Waals surface area contributed by atoms with E-state index in [2.05, 4.69) is 5.32 Å². The molecule has 1 atom stereocenters. The quantitative estimate of drug-likeness (QED) is 0.735. The summed E-state index contributed by atoms with van der Waals surface area (Å²) < 4.78 is 10.2. The van der Waals surface area contributed by atoms with Crippen molar-refractivity contribution in [3.63, 3.8) is 0 Å². The number of rotatable bonds is 7. The molecule has 0 fully saturated rings. The number of hydrogen-bond acceptors (Lipinski definition) is 4. The minimum atomic E-state index is -0.226. The molecule has 0 radical (unpaired) electrons. The van der Waals surface area contributed by atoms with Gasteiger partial charge in [0.2, 0.25) is 0 Å². The maximum absolute atomic E-state index is 11.5. The van der Waals surface area contributed by atoms with Crippen molar-refractivity contribution in [3.8, 4) is 5.75 Å². The summed E-state index contributed by atoms with van der Waals surface area (Å²) in [5.41, 5.74) is 0.514. The van der Waals surface area contributed by atoms with Crippen LogP contribution in [0, 0.1) is 0 Å². The van der Waals surface area contributed by atoms with Crippen LogP contribution in [0.15, 0.2) is 24.3 Å². The van der Waals surface area contributed by atoms with Crippen molar-refractivity contribution in [2.24, 2.45) is 0 Å². The first-order chi connectivity index (χ1) is 8.65. The lowest BCUT2D eigenvalue weighted by Crippen LogP contribution is -2.38. The Morgan fingerprint density at radius 1 is 1.50 bits per heavy atom. The fourth-order valence-corrected chi connectivity index (χ4v) is 1.43. The van der Waals surface area contributed by atoms with Gasteiger partial charge in [0.05, 0.1) is 6.61 Å². The molecule has 0 heterocycles. The average molecular weight is 251 g/mol. The van der Waals surface area contributed by atoms with Gasteiger partial charge in [0.25, 0.3) is 5.91 Å². The highest BCUT2D eigenvalue weighted by atomic mass is 16.5. The van der Waals surface area contributed by atoms with E-state index in [0.29, 0.717) is 17.9 Å². The molecule has 0 saturated carbocycles. The van der Waals surface area contributed by atoms with Gasteiger partial charge in [-0.3, -0.25) is 9.59 Å². The molecule has 1 N–H and O–H groups in total. The summed E-state index contributed by atoms with van der Waals surface area (Å²) in [6, 6.07) is 6.58. The van der Waals surface area contributed by atoms with Crippen molar-refractivity contribution in [3.05, 3.63) is 29.8 Å². The zero-order valence-corrected chi connectivity index (χ0v) is 10.5. The Labute approximate surface area is 106 Å². The average Bonchev–Trinajstić information content (AvgIpc) is 2.37. The highest BCUT2D eigenvalue weighted by Crippen LogP contribution is 2.11. The largest absolute Gasteiger partial charge is 0.484 e. The summed E-state index contributed by atoms with van der Waals surface area (Å²) in [7, 11) is 1.57. The molecule has 1 amide bonds. The number of ether oxygens (including phenoxy) is 2. The monoisotopic (exact) mass is 251 g/mol. The van der Waals surface area contributed by atoms with Gasteiger partial charge >= 0.3 is 0 Å². The Hall–Kier alpha value is -1.88. The van der Waals surface area contributed by atoms with E-state index in [1.807, 2.05) is 6.92 Å². The number of carbonyl (C=O) groups excluding carboxylic acids is 2. The number of aldehydes is 1. The van der Waals surface area contributed by atoms with Gasteiger partial charge in [0.1, 0.15) is 12.0 Å². The second-order valence-electron chi connectivity index (χ2n) is 3.90. The molecule has 0 aliphatic heterocycles. The van der Waals surface area contributed by atoms with Crippen molar-refractivity contribution in [2.45, 2.75) is 13.0 Å². The van der Waals surface area contributed by atoms with Crippen LogP contribution < -0.4 is 10.1 Å². The molecule has 0 spiro atoms. The molecular weight excluding hydrogens is 234 g/mol. The predicted octanol–water partition coefficient (Wildman–Crippen LogP) is 1.03. The van der Waals surface area contributed by atoms with Crippen LogP contribution in [0.5, 0.6) is 5.75 Å². The minimum absolute atomic E-state index is 0.0626. The van der Waals surface area contributed by atoms with E-state index >= 15 is 0 Å². The maximum atomic E-state index is 11.5. The SMILES string of the molecule is COCC(C)NC(=O)COc1cccc(C=O)c1. The second-order valence-corrected chi connectivity index (χ2v) is 3.90. The van der Waals surface area contributed by atoms with Crippen LogP contribution in [0.25, 0.3) is 0 Å². The summed E-state index contributed by atoms with van der Waals surface area (Å²) in [5.74, 6) is 0.269. The second kappa shape index (κ2) is 7.45. The highest BCUT2D eigenvalue weighted by molar-refractivity contribution is 5.78. The normalized spacial score (nSPS) is 11.7. The number of nitrogens with one attached hydrogen (secondary N) is 1. The molecule has 0 bridgehead atoms. The van der Waals surface area contributed by atoms with Crippen molar-refractivity contribution in [1.82, 2.24) is 5.32 Å². The van der Waals surface area contributed by atoms with Gasteiger partial charge in [-0.25, -0.2) is 0 Å². The van der Waals surface area contributed by atoms with Gasteiger partial charge in [-0.2, -0.15) is 0 Å². The third-order valence-corrected chi connectivity index (χ3v) is 2.19. The topological polar surface area (TPSA) is 64.6 Å². The van der Waals surface area contributed by atoms with Gasteiger partial charge in [-0.15, -0.1) is 0 Å². The van der Waals surface area contributed by atoms with Gasteiger partial charge in [-0.05, 0) is 19.1 Å². The van der Waals surface area contributed by atoms with Gasteiger partial charge in [0.15, 0.2) is 6.61 Å². The Bertz CT molecular complexity index is 406. The molecule has 0 saturated heterocycles. The van der Waals surface area contributed by atoms with Crippen LogP contribution in [-0.2, 0) is 9.53 Å². The van der Waals surface area contributed by atoms with E-state index in [-0.39, 0.29) is 18.6 Å². The lowest BCUT2D eigenvalue weighted by Gasteiger charge is -2.13. The number of amides is 1. The summed E-state index contributed by atoms with van der Waals surface area (Å²) in [6.07, 6.45) is 0.730. The first-order valence-electron chi connectivity index (χ1n) is 5.62. The molecule has 1 rings (SSSR count). The standard InChI is InChI=1S/C13H17NO4/c1-10(8-17-2)14-13(16)9-18-12-5-3-4-11(6-12)7-15/h3-7,10H,8-9H2,1-2H3,(H,14,16). The summed E-state index contributed by atoms with van der Waals surface area (Å²) in [5, 5.41) is 2.72. The zero-order chi connectivity index (χ0) is 13.4. The molecule has 0 aromatic heterocycles. The van der Waals surface area contributed by atoms with Gasteiger partial charge in [-0.1, -0.05) is 12.1 Å². The molecule has 1 aromatic carbocycles. The van der Waals surface area contributed by atoms with E-state index in [1.165, 1.54) is 0 Å². The van der Waals surface area contributed by atoms with Crippen LogP contribution in [0.3, 0.4) is 0 Å². The summed E-state index contributed by atoms with van der Waals surface area (Å²) in [6.45, 7) is 2.21. The molecule has 98 valence electrons. The number of benzene rings is 1. The Balaban J connectivity index is 2.39. The van der Waals surface area contributed by atoms with E-state index in [0.717, 1.165) is 6.29 Å². The fraction of sp³-hybridized carbons (Fsp3) is 0.385. The molecule has 1 unspecified atom stereocenters. The third kappa shape index (κ3) is 4.97. The minimum Gasteiger partial charge on any atom is -0.484 e.